The van der Waals surface area contributed by atoms with Gasteiger partial charge in [0, 0.05) is 37.7 Å². The van der Waals surface area contributed by atoms with Gasteiger partial charge < -0.3 is 4.90 Å². The first-order valence-electron chi connectivity index (χ1n) is 8.36. The summed E-state index contributed by atoms with van der Waals surface area (Å²) in [5, 5.41) is 7.51. The number of aromatic nitrogens is 2. The molecule has 2 aromatic rings. The average Bonchev–Trinajstić information content (AvgIpc) is 2.94. The summed E-state index contributed by atoms with van der Waals surface area (Å²) in [7, 11) is -3.48. The van der Waals surface area contributed by atoms with Crippen LogP contribution < -0.4 is 0 Å². The summed E-state index contributed by atoms with van der Waals surface area (Å²) in [6.45, 7) is 6.87. The predicted octanol–water partition coefficient (Wildman–Crippen LogP) is 2.23. The molecule has 0 aliphatic carbocycles. The topological polar surface area (TPSA) is 69.3 Å². The summed E-state index contributed by atoms with van der Waals surface area (Å²) < 4.78 is 27.3. The lowest BCUT2D eigenvalue weighted by Gasteiger charge is -2.34. The van der Waals surface area contributed by atoms with Gasteiger partial charge in [-0.2, -0.15) is 9.40 Å². The summed E-state index contributed by atoms with van der Waals surface area (Å²) in [6, 6.07) is 7.87. The van der Waals surface area contributed by atoms with E-state index in [1.54, 1.807) is 18.2 Å². The lowest BCUT2D eigenvalue weighted by Crippen LogP contribution is -2.49. The number of aryl methyl sites for hydroxylation is 2. The lowest BCUT2D eigenvalue weighted by atomic mass is 10.1. The molecule has 6 nitrogen and oxygen atoms in total. The van der Waals surface area contributed by atoms with Gasteiger partial charge in [0.2, 0.25) is 10.0 Å². The minimum absolute atomic E-state index is 0.321. The predicted molar refractivity (Wildman–Crippen MR) is 98.4 cm³/mol. The van der Waals surface area contributed by atoms with Gasteiger partial charge in [0.1, 0.15) is 4.90 Å². The summed E-state index contributed by atoms with van der Waals surface area (Å²) >= 11 is 5.90. The minimum Gasteiger partial charge on any atom is -0.300 e. The van der Waals surface area contributed by atoms with E-state index in [-0.39, 0.29) is 0 Å². The largest absolute Gasteiger partial charge is 0.300 e. The molecule has 0 bridgehead atoms. The highest BCUT2D eigenvalue weighted by Gasteiger charge is 2.32. The van der Waals surface area contributed by atoms with E-state index in [2.05, 4.69) is 15.1 Å². The molecular weight excluding hydrogens is 360 g/mol. The molecule has 136 valence electrons. The molecule has 0 atom stereocenters. The molecule has 2 heterocycles. The monoisotopic (exact) mass is 382 g/mol. The number of piperazine rings is 1. The van der Waals surface area contributed by atoms with Crippen molar-refractivity contribution in [2.24, 2.45) is 0 Å². The van der Waals surface area contributed by atoms with Crippen molar-refractivity contribution in [1.29, 1.82) is 0 Å². The summed E-state index contributed by atoms with van der Waals surface area (Å²) in [4.78, 5) is 2.62. The van der Waals surface area contributed by atoms with Crippen LogP contribution in [0.5, 0.6) is 0 Å². The van der Waals surface area contributed by atoms with Crippen molar-refractivity contribution in [3.63, 3.8) is 0 Å². The second-order valence-electron chi connectivity index (χ2n) is 6.39. The maximum Gasteiger partial charge on any atom is 0.246 e. The first-order valence-corrected chi connectivity index (χ1v) is 10.2. The molecule has 0 amide bonds. The Kier molecular flexibility index (Phi) is 5.48. The van der Waals surface area contributed by atoms with Crippen molar-refractivity contribution >= 4 is 21.6 Å². The highest BCUT2D eigenvalue weighted by atomic mass is 35.5. The SMILES string of the molecule is Cc1n[nH]c(C)c1S(=O)(=O)N1CCN(CCc2ccc(Cl)cc2)CC1. The summed E-state index contributed by atoms with van der Waals surface area (Å²) in [5.74, 6) is 0. The van der Waals surface area contributed by atoms with Crippen molar-refractivity contribution in [3.8, 4) is 0 Å². The average molecular weight is 383 g/mol. The zero-order chi connectivity index (χ0) is 18.0. The van der Waals surface area contributed by atoms with Crippen molar-refractivity contribution in [2.45, 2.75) is 25.2 Å². The quantitative estimate of drug-likeness (QED) is 0.860. The minimum atomic E-state index is -3.48. The Hall–Kier alpha value is -1.41. The Morgan fingerprint density at radius 3 is 2.32 bits per heavy atom. The standard InChI is InChI=1S/C17H23ClN4O2S/c1-13-17(14(2)20-19-13)25(23,24)22-11-9-21(10-12-22)8-7-15-3-5-16(18)6-4-15/h3-6H,7-12H2,1-2H3,(H,19,20). The van der Waals surface area contributed by atoms with Crippen molar-refractivity contribution in [1.82, 2.24) is 19.4 Å². The van der Waals surface area contributed by atoms with Gasteiger partial charge in [-0.25, -0.2) is 8.42 Å². The van der Waals surface area contributed by atoms with Gasteiger partial charge >= 0.3 is 0 Å². The molecule has 0 spiro atoms. The zero-order valence-electron chi connectivity index (χ0n) is 14.5. The summed E-state index contributed by atoms with van der Waals surface area (Å²) in [5.41, 5.74) is 2.37. The number of H-pyrrole nitrogens is 1. The van der Waals surface area contributed by atoms with Crippen LogP contribution in [0.4, 0.5) is 0 Å². The number of sulfonamides is 1. The maximum absolute atomic E-state index is 12.8. The van der Waals surface area contributed by atoms with Crippen molar-refractivity contribution in [2.75, 3.05) is 32.7 Å². The van der Waals surface area contributed by atoms with Crippen LogP contribution in [0.25, 0.3) is 0 Å². The Morgan fingerprint density at radius 2 is 1.76 bits per heavy atom. The molecule has 8 heteroatoms. The van der Waals surface area contributed by atoms with E-state index in [9.17, 15) is 8.42 Å². The third kappa shape index (κ3) is 4.06. The fraction of sp³-hybridized carbons (Fsp3) is 0.471. The molecule has 1 aromatic heterocycles. The molecule has 1 fully saturated rings. The van der Waals surface area contributed by atoms with Gasteiger partial charge in [-0.15, -0.1) is 0 Å². The number of nitrogens with zero attached hydrogens (tertiary/aromatic N) is 3. The van der Waals surface area contributed by atoms with Crippen LogP contribution >= 0.6 is 11.6 Å². The van der Waals surface area contributed by atoms with Crippen LogP contribution in [0.1, 0.15) is 17.0 Å². The van der Waals surface area contributed by atoms with Gasteiger partial charge in [0.25, 0.3) is 0 Å². The summed E-state index contributed by atoms with van der Waals surface area (Å²) in [6.07, 6.45) is 0.934. The van der Waals surface area contributed by atoms with Crippen LogP contribution in [0.2, 0.25) is 5.02 Å². The number of rotatable bonds is 5. The first-order chi connectivity index (χ1) is 11.9. The second-order valence-corrected chi connectivity index (χ2v) is 8.70. The molecule has 0 saturated carbocycles. The molecule has 1 N–H and O–H groups in total. The van der Waals surface area contributed by atoms with Crippen molar-refractivity contribution in [3.05, 3.63) is 46.2 Å². The smallest absolute Gasteiger partial charge is 0.246 e. The normalized spacial score (nSPS) is 17.1. The van der Waals surface area contributed by atoms with E-state index < -0.39 is 10.0 Å². The van der Waals surface area contributed by atoms with Crippen LogP contribution in [0.3, 0.4) is 0 Å². The van der Waals surface area contributed by atoms with E-state index in [1.165, 1.54) is 5.56 Å². The van der Waals surface area contributed by atoms with Crippen LogP contribution in [-0.2, 0) is 16.4 Å². The molecule has 1 aromatic carbocycles. The molecule has 1 aliphatic heterocycles. The van der Waals surface area contributed by atoms with E-state index in [1.807, 2.05) is 24.3 Å². The van der Waals surface area contributed by atoms with Gasteiger partial charge in [-0.1, -0.05) is 23.7 Å². The third-order valence-electron chi connectivity index (χ3n) is 4.62. The molecule has 0 radical (unpaired) electrons. The Balaban J connectivity index is 1.57. The molecule has 3 rings (SSSR count). The molecule has 1 aliphatic rings. The van der Waals surface area contributed by atoms with E-state index in [0.717, 1.165) is 31.1 Å². The van der Waals surface area contributed by atoms with Crippen molar-refractivity contribution < 1.29 is 8.42 Å². The molecule has 1 saturated heterocycles. The molecular formula is C17H23ClN4O2S. The van der Waals surface area contributed by atoms with Gasteiger partial charge in [-0.3, -0.25) is 5.10 Å². The van der Waals surface area contributed by atoms with Gasteiger partial charge in [0.15, 0.2) is 0 Å². The highest BCUT2D eigenvalue weighted by Crippen LogP contribution is 2.22. The molecule has 25 heavy (non-hydrogen) atoms. The lowest BCUT2D eigenvalue weighted by molar-refractivity contribution is 0.190. The van der Waals surface area contributed by atoms with E-state index >= 15 is 0 Å². The van der Waals surface area contributed by atoms with Crippen LogP contribution in [0, 0.1) is 13.8 Å². The zero-order valence-corrected chi connectivity index (χ0v) is 16.1. The highest BCUT2D eigenvalue weighted by molar-refractivity contribution is 7.89. The van der Waals surface area contributed by atoms with Crippen LogP contribution in [-0.4, -0.2) is 60.5 Å². The number of benzene rings is 1. The fourth-order valence-corrected chi connectivity index (χ4v) is 5.06. The first kappa shape index (κ1) is 18.4. The maximum atomic E-state index is 12.8. The van der Waals surface area contributed by atoms with Gasteiger partial charge in [-0.05, 0) is 38.0 Å². The molecule has 0 unspecified atom stereocenters. The third-order valence-corrected chi connectivity index (χ3v) is 7.03. The number of aromatic amines is 1. The Labute approximate surface area is 153 Å². The van der Waals surface area contributed by atoms with Gasteiger partial charge in [0.05, 0.1) is 11.4 Å². The number of nitrogens with one attached hydrogen (secondary N) is 1. The Bertz CT molecular complexity index is 805. The number of hydrogen-bond acceptors (Lipinski definition) is 4. The second kappa shape index (κ2) is 7.45. The van der Waals surface area contributed by atoms with Crippen LogP contribution in [0.15, 0.2) is 29.2 Å². The fourth-order valence-electron chi connectivity index (χ4n) is 3.18. The van der Waals surface area contributed by atoms with E-state index in [4.69, 9.17) is 11.6 Å². The number of hydrogen-bond donors (Lipinski definition) is 1. The number of halogens is 1. The Morgan fingerprint density at radius 1 is 1.12 bits per heavy atom. The van der Waals surface area contributed by atoms with E-state index in [0.29, 0.717) is 29.4 Å².